The van der Waals surface area contributed by atoms with Crippen LogP contribution in [0.5, 0.6) is 0 Å². The Hall–Kier alpha value is -1.73. The number of rotatable bonds is 5. The monoisotopic (exact) mass is 336 g/mol. The van der Waals surface area contributed by atoms with Crippen molar-refractivity contribution in [2.45, 2.75) is 13.8 Å². The van der Waals surface area contributed by atoms with Gasteiger partial charge in [-0.3, -0.25) is 14.5 Å². The van der Waals surface area contributed by atoms with E-state index < -0.39 is 0 Å². The molecule has 1 N–H and O–H groups in total. The average molecular weight is 336 g/mol. The number of carbonyl (C=O) groups is 2. The van der Waals surface area contributed by atoms with E-state index in [4.69, 9.17) is 12.2 Å². The van der Waals surface area contributed by atoms with E-state index in [0.29, 0.717) is 42.9 Å². The zero-order chi connectivity index (χ0) is 16.8. The molecule has 0 unspecified atom stereocenters. The Kier molecular flexibility index (Phi) is 6.29. The number of pyridine rings is 1. The molecule has 1 fully saturated rings. The summed E-state index contributed by atoms with van der Waals surface area (Å²) in [6, 6.07) is 3.53. The summed E-state index contributed by atoms with van der Waals surface area (Å²) < 4.78 is 0.469. The summed E-state index contributed by atoms with van der Waals surface area (Å²) in [6.07, 6.45) is 1.72. The highest BCUT2D eigenvalue weighted by Gasteiger charge is 2.24. The number of hydrogen-bond acceptors (Lipinski definition) is 4. The van der Waals surface area contributed by atoms with Crippen LogP contribution in [0.25, 0.3) is 0 Å². The van der Waals surface area contributed by atoms with Gasteiger partial charge < -0.3 is 14.8 Å². The third kappa shape index (κ3) is 4.39. The van der Waals surface area contributed by atoms with Gasteiger partial charge in [-0.1, -0.05) is 12.2 Å². The molecule has 1 aliphatic rings. The summed E-state index contributed by atoms with van der Waals surface area (Å²) in [7, 11) is 0. The van der Waals surface area contributed by atoms with Gasteiger partial charge in [-0.05, 0) is 26.0 Å². The van der Waals surface area contributed by atoms with Crippen LogP contribution >= 0.6 is 12.2 Å². The predicted molar refractivity (Wildman–Crippen MR) is 91.9 cm³/mol. The SMILES string of the molecule is CCN(CC)C(=O)CN1CCN(C(=O)c2ccc[nH]c2=S)CC1. The van der Waals surface area contributed by atoms with E-state index in [1.807, 2.05) is 18.7 Å². The lowest BCUT2D eigenvalue weighted by Crippen LogP contribution is -2.51. The molecule has 1 aromatic rings. The van der Waals surface area contributed by atoms with Gasteiger partial charge in [0.25, 0.3) is 5.91 Å². The maximum Gasteiger partial charge on any atom is 0.256 e. The van der Waals surface area contributed by atoms with Crippen molar-refractivity contribution in [3.63, 3.8) is 0 Å². The zero-order valence-electron chi connectivity index (χ0n) is 13.7. The number of H-pyrrole nitrogens is 1. The van der Waals surface area contributed by atoms with Crippen LogP contribution in [-0.2, 0) is 4.79 Å². The van der Waals surface area contributed by atoms with Crippen LogP contribution in [-0.4, -0.2) is 77.3 Å². The van der Waals surface area contributed by atoms with E-state index >= 15 is 0 Å². The van der Waals surface area contributed by atoms with E-state index in [-0.39, 0.29) is 11.8 Å². The highest BCUT2D eigenvalue weighted by atomic mass is 32.1. The van der Waals surface area contributed by atoms with E-state index in [1.54, 1.807) is 23.2 Å². The van der Waals surface area contributed by atoms with Gasteiger partial charge in [-0.25, -0.2) is 0 Å². The van der Waals surface area contributed by atoms with E-state index in [1.165, 1.54) is 0 Å². The first-order chi connectivity index (χ1) is 11.1. The Morgan fingerprint density at radius 1 is 1.22 bits per heavy atom. The lowest BCUT2D eigenvalue weighted by Gasteiger charge is -2.35. The quantitative estimate of drug-likeness (QED) is 0.825. The number of hydrogen-bond donors (Lipinski definition) is 1. The number of nitrogens with zero attached hydrogens (tertiary/aromatic N) is 3. The molecule has 6 nitrogen and oxygen atoms in total. The third-order valence-electron chi connectivity index (χ3n) is 4.18. The van der Waals surface area contributed by atoms with Crippen LogP contribution in [0.2, 0.25) is 0 Å². The third-order valence-corrected chi connectivity index (χ3v) is 4.52. The lowest BCUT2D eigenvalue weighted by molar-refractivity contribution is -0.132. The van der Waals surface area contributed by atoms with Crippen LogP contribution in [0.3, 0.4) is 0 Å². The summed E-state index contributed by atoms with van der Waals surface area (Å²) in [5, 5.41) is 0. The molecule has 1 aromatic heterocycles. The molecule has 23 heavy (non-hydrogen) atoms. The number of amides is 2. The second kappa shape index (κ2) is 8.21. The summed E-state index contributed by atoms with van der Waals surface area (Å²) in [5.41, 5.74) is 0.537. The number of nitrogens with one attached hydrogen (secondary N) is 1. The molecule has 0 spiro atoms. The van der Waals surface area contributed by atoms with E-state index in [0.717, 1.165) is 13.1 Å². The Balaban J connectivity index is 1.89. The molecule has 1 saturated heterocycles. The van der Waals surface area contributed by atoms with Crippen molar-refractivity contribution in [1.82, 2.24) is 19.7 Å². The number of likely N-dealkylation sites (N-methyl/N-ethyl adjacent to an activating group) is 1. The van der Waals surface area contributed by atoms with Gasteiger partial charge in [0.15, 0.2) is 0 Å². The maximum atomic E-state index is 12.5. The zero-order valence-corrected chi connectivity index (χ0v) is 14.6. The second-order valence-corrected chi connectivity index (χ2v) is 5.96. The van der Waals surface area contributed by atoms with Crippen molar-refractivity contribution in [3.8, 4) is 0 Å². The van der Waals surface area contributed by atoms with Crippen molar-refractivity contribution in [1.29, 1.82) is 0 Å². The van der Waals surface area contributed by atoms with Crippen LogP contribution in [0, 0.1) is 4.64 Å². The van der Waals surface area contributed by atoms with Crippen molar-refractivity contribution in [2.24, 2.45) is 0 Å². The molecule has 0 radical (unpaired) electrons. The Morgan fingerprint density at radius 2 is 1.87 bits per heavy atom. The number of aromatic amines is 1. The molecular formula is C16H24N4O2S. The molecule has 1 aliphatic heterocycles. The molecule has 2 amide bonds. The normalized spacial score (nSPS) is 15.5. The molecule has 2 rings (SSSR count). The number of aromatic nitrogens is 1. The van der Waals surface area contributed by atoms with Gasteiger partial charge in [0.05, 0.1) is 12.1 Å². The molecule has 126 valence electrons. The highest BCUT2D eigenvalue weighted by molar-refractivity contribution is 7.71. The van der Waals surface area contributed by atoms with Crippen molar-refractivity contribution in [2.75, 3.05) is 45.8 Å². The molecule has 7 heteroatoms. The molecule has 2 heterocycles. The lowest BCUT2D eigenvalue weighted by atomic mass is 10.2. The van der Waals surface area contributed by atoms with Crippen LogP contribution in [0.15, 0.2) is 18.3 Å². The number of carbonyl (C=O) groups excluding carboxylic acids is 2. The standard InChI is InChI=1S/C16H24N4O2S/c1-3-19(4-2)14(21)12-18-8-10-20(11-9-18)16(22)13-6-5-7-17-15(13)23/h5-7H,3-4,8-12H2,1-2H3,(H,17,23). The topological polar surface area (TPSA) is 59.7 Å². The van der Waals surface area contributed by atoms with Gasteiger partial charge in [-0.2, -0.15) is 0 Å². The number of piperazine rings is 1. The smallest absolute Gasteiger partial charge is 0.256 e. The first-order valence-electron chi connectivity index (χ1n) is 8.03. The van der Waals surface area contributed by atoms with Gasteiger partial charge in [0, 0.05) is 45.5 Å². The highest BCUT2D eigenvalue weighted by Crippen LogP contribution is 2.09. The van der Waals surface area contributed by atoms with Gasteiger partial charge in [0.1, 0.15) is 4.64 Å². The minimum Gasteiger partial charge on any atom is -0.352 e. The fourth-order valence-corrected chi connectivity index (χ4v) is 2.96. The summed E-state index contributed by atoms with van der Waals surface area (Å²) in [5.74, 6) is 0.113. The second-order valence-electron chi connectivity index (χ2n) is 5.55. The average Bonchev–Trinajstić information content (AvgIpc) is 2.56. The molecule has 0 bridgehead atoms. The summed E-state index contributed by atoms with van der Waals surface area (Å²) >= 11 is 5.17. The molecule has 0 aromatic carbocycles. The molecule has 0 saturated carbocycles. The first-order valence-corrected chi connectivity index (χ1v) is 8.44. The molecule has 0 aliphatic carbocycles. The summed E-state index contributed by atoms with van der Waals surface area (Å²) in [6.45, 7) is 8.53. The molecule has 0 atom stereocenters. The van der Waals surface area contributed by atoms with Crippen LogP contribution < -0.4 is 0 Å². The molecular weight excluding hydrogens is 312 g/mol. The Bertz CT molecular complexity index is 604. The first kappa shape index (κ1) is 17.6. The largest absolute Gasteiger partial charge is 0.352 e. The van der Waals surface area contributed by atoms with Crippen LogP contribution in [0.1, 0.15) is 24.2 Å². The van der Waals surface area contributed by atoms with Gasteiger partial charge in [-0.15, -0.1) is 0 Å². The summed E-state index contributed by atoms with van der Waals surface area (Å²) in [4.78, 5) is 33.3. The minimum absolute atomic E-state index is 0.0402. The Morgan fingerprint density at radius 3 is 2.43 bits per heavy atom. The minimum atomic E-state index is -0.0402. The fourth-order valence-electron chi connectivity index (χ4n) is 2.74. The Labute approximate surface area is 142 Å². The van der Waals surface area contributed by atoms with Crippen molar-refractivity contribution < 1.29 is 9.59 Å². The fraction of sp³-hybridized carbons (Fsp3) is 0.562. The van der Waals surface area contributed by atoms with Crippen molar-refractivity contribution >= 4 is 24.0 Å². The van der Waals surface area contributed by atoms with E-state index in [9.17, 15) is 9.59 Å². The van der Waals surface area contributed by atoms with Gasteiger partial charge in [0.2, 0.25) is 5.91 Å². The predicted octanol–water partition coefficient (Wildman–Crippen LogP) is 1.37. The van der Waals surface area contributed by atoms with Gasteiger partial charge >= 0.3 is 0 Å². The van der Waals surface area contributed by atoms with Crippen molar-refractivity contribution in [3.05, 3.63) is 28.5 Å². The van der Waals surface area contributed by atoms with E-state index in [2.05, 4.69) is 9.88 Å². The maximum absolute atomic E-state index is 12.5. The van der Waals surface area contributed by atoms with Crippen LogP contribution in [0.4, 0.5) is 0 Å².